The van der Waals surface area contributed by atoms with Crippen molar-refractivity contribution in [3.05, 3.63) is 11.9 Å². The molecule has 1 saturated heterocycles. The van der Waals surface area contributed by atoms with E-state index in [9.17, 15) is 0 Å². The molecule has 0 saturated carbocycles. The van der Waals surface area contributed by atoms with Gasteiger partial charge < -0.3 is 10.1 Å². The van der Waals surface area contributed by atoms with Gasteiger partial charge in [-0.1, -0.05) is 32.0 Å². The maximum Gasteiger partial charge on any atom is 0.133 e. The third kappa shape index (κ3) is 3.36. The fourth-order valence-electron chi connectivity index (χ4n) is 1.81. The van der Waals surface area contributed by atoms with Crippen LogP contribution in [0.15, 0.2) is 11.4 Å². The minimum Gasteiger partial charge on any atom is -0.379 e. The SMILES string of the molecule is CCCNc1ncnc(SC2COC2)c1CCC. The molecular weight excluding hydrogens is 246 g/mol. The lowest BCUT2D eigenvalue weighted by Crippen LogP contribution is -2.30. The molecule has 1 aliphatic rings. The molecule has 0 bridgehead atoms. The second kappa shape index (κ2) is 6.95. The van der Waals surface area contributed by atoms with Crippen LogP contribution in [0.1, 0.15) is 32.3 Å². The van der Waals surface area contributed by atoms with E-state index < -0.39 is 0 Å². The van der Waals surface area contributed by atoms with Crippen LogP contribution >= 0.6 is 11.8 Å². The van der Waals surface area contributed by atoms with Gasteiger partial charge in [0.2, 0.25) is 0 Å². The molecule has 1 fully saturated rings. The van der Waals surface area contributed by atoms with Crippen LogP contribution in [-0.2, 0) is 11.2 Å². The molecule has 2 heterocycles. The first kappa shape index (κ1) is 13.6. The van der Waals surface area contributed by atoms with E-state index in [0.29, 0.717) is 5.25 Å². The van der Waals surface area contributed by atoms with Gasteiger partial charge >= 0.3 is 0 Å². The summed E-state index contributed by atoms with van der Waals surface area (Å²) < 4.78 is 5.22. The molecule has 0 unspecified atom stereocenters. The highest BCUT2D eigenvalue weighted by Gasteiger charge is 2.22. The summed E-state index contributed by atoms with van der Waals surface area (Å²) in [5.74, 6) is 1.01. The van der Waals surface area contributed by atoms with E-state index in [4.69, 9.17) is 4.74 Å². The van der Waals surface area contributed by atoms with Crippen molar-refractivity contribution in [1.82, 2.24) is 9.97 Å². The maximum atomic E-state index is 5.22. The van der Waals surface area contributed by atoms with Crippen molar-refractivity contribution in [1.29, 1.82) is 0 Å². The van der Waals surface area contributed by atoms with Crippen LogP contribution in [-0.4, -0.2) is 35.0 Å². The number of aromatic nitrogens is 2. The molecule has 0 aromatic carbocycles. The maximum absolute atomic E-state index is 5.22. The van der Waals surface area contributed by atoms with Crippen molar-refractivity contribution in [2.75, 3.05) is 25.1 Å². The van der Waals surface area contributed by atoms with Gasteiger partial charge in [-0.3, -0.25) is 0 Å². The number of nitrogens with zero attached hydrogens (tertiary/aromatic N) is 2. The molecule has 0 aliphatic carbocycles. The number of hydrogen-bond acceptors (Lipinski definition) is 5. The predicted octanol–water partition coefficient (Wildman–Crippen LogP) is 2.74. The van der Waals surface area contributed by atoms with Crippen molar-refractivity contribution in [3.63, 3.8) is 0 Å². The average molecular weight is 267 g/mol. The molecule has 100 valence electrons. The topological polar surface area (TPSA) is 47.0 Å². The number of ether oxygens (including phenoxy) is 1. The van der Waals surface area contributed by atoms with Gasteiger partial charge in [0, 0.05) is 12.1 Å². The lowest BCUT2D eigenvalue weighted by atomic mass is 10.2. The van der Waals surface area contributed by atoms with Gasteiger partial charge in [0.15, 0.2) is 0 Å². The fraction of sp³-hybridized carbons (Fsp3) is 0.692. The molecule has 0 radical (unpaired) electrons. The Kier molecular flexibility index (Phi) is 5.26. The third-order valence-corrected chi connectivity index (χ3v) is 4.01. The molecule has 4 nitrogen and oxygen atoms in total. The Hall–Kier alpha value is -0.810. The Morgan fingerprint density at radius 3 is 2.78 bits per heavy atom. The molecule has 18 heavy (non-hydrogen) atoms. The van der Waals surface area contributed by atoms with Crippen molar-refractivity contribution in [3.8, 4) is 0 Å². The Bertz CT molecular complexity index is 382. The van der Waals surface area contributed by atoms with E-state index in [1.54, 1.807) is 6.33 Å². The molecule has 1 aliphatic heterocycles. The van der Waals surface area contributed by atoms with E-state index in [1.165, 1.54) is 5.56 Å². The molecule has 2 rings (SSSR count). The summed E-state index contributed by atoms with van der Waals surface area (Å²) in [6, 6.07) is 0. The predicted molar refractivity (Wildman–Crippen MR) is 75.3 cm³/mol. The summed E-state index contributed by atoms with van der Waals surface area (Å²) in [7, 11) is 0. The zero-order valence-electron chi connectivity index (χ0n) is 11.1. The van der Waals surface area contributed by atoms with Gasteiger partial charge in [-0.25, -0.2) is 9.97 Å². The molecule has 1 N–H and O–H groups in total. The van der Waals surface area contributed by atoms with E-state index in [1.807, 2.05) is 11.8 Å². The van der Waals surface area contributed by atoms with Crippen molar-refractivity contribution in [2.24, 2.45) is 0 Å². The van der Waals surface area contributed by atoms with Crippen molar-refractivity contribution < 1.29 is 4.74 Å². The van der Waals surface area contributed by atoms with Gasteiger partial charge in [0.25, 0.3) is 0 Å². The molecule has 0 amide bonds. The van der Waals surface area contributed by atoms with E-state index in [0.717, 1.165) is 49.9 Å². The highest BCUT2D eigenvalue weighted by atomic mass is 32.2. The number of nitrogens with one attached hydrogen (secondary N) is 1. The molecule has 1 aromatic rings. The van der Waals surface area contributed by atoms with Gasteiger partial charge in [0.05, 0.1) is 18.5 Å². The summed E-state index contributed by atoms with van der Waals surface area (Å²) in [5, 5.41) is 5.09. The monoisotopic (exact) mass is 267 g/mol. The third-order valence-electron chi connectivity index (χ3n) is 2.83. The van der Waals surface area contributed by atoms with Gasteiger partial charge in [-0.05, 0) is 12.8 Å². The second-order valence-electron chi connectivity index (χ2n) is 4.46. The molecular formula is C13H21N3OS. The Balaban J connectivity index is 2.14. The average Bonchev–Trinajstić information content (AvgIpc) is 2.33. The summed E-state index contributed by atoms with van der Waals surface area (Å²) >= 11 is 1.83. The summed E-state index contributed by atoms with van der Waals surface area (Å²) in [6.07, 6.45) is 4.92. The van der Waals surface area contributed by atoms with Crippen molar-refractivity contribution in [2.45, 2.75) is 43.4 Å². The zero-order valence-corrected chi connectivity index (χ0v) is 11.9. The quantitative estimate of drug-likeness (QED) is 0.770. The van der Waals surface area contributed by atoms with Crippen LogP contribution in [0.3, 0.4) is 0 Å². The van der Waals surface area contributed by atoms with E-state index in [-0.39, 0.29) is 0 Å². The smallest absolute Gasteiger partial charge is 0.133 e. The minimum atomic E-state index is 0.564. The lowest BCUT2D eigenvalue weighted by Gasteiger charge is -2.25. The summed E-state index contributed by atoms with van der Waals surface area (Å²) in [5.41, 5.74) is 1.27. The fourth-order valence-corrected chi connectivity index (χ4v) is 2.90. The highest BCUT2D eigenvalue weighted by Crippen LogP contribution is 2.32. The first-order chi connectivity index (χ1) is 8.85. The Morgan fingerprint density at radius 1 is 1.33 bits per heavy atom. The standard InChI is InChI=1S/C13H21N3OS/c1-3-5-11-12(14-6-4-2)15-9-16-13(11)18-10-7-17-8-10/h9-10H,3-8H2,1-2H3,(H,14,15,16). The molecule has 0 atom stereocenters. The van der Waals surface area contributed by atoms with Crippen LogP contribution in [0.4, 0.5) is 5.82 Å². The van der Waals surface area contributed by atoms with Gasteiger partial charge in [-0.15, -0.1) is 0 Å². The van der Waals surface area contributed by atoms with Gasteiger partial charge in [0.1, 0.15) is 17.2 Å². The van der Waals surface area contributed by atoms with E-state index in [2.05, 4.69) is 29.1 Å². The zero-order chi connectivity index (χ0) is 12.8. The first-order valence-electron chi connectivity index (χ1n) is 6.67. The van der Waals surface area contributed by atoms with Crippen LogP contribution in [0.2, 0.25) is 0 Å². The normalized spacial score (nSPS) is 15.4. The molecule has 5 heteroatoms. The number of hydrogen-bond donors (Lipinski definition) is 1. The second-order valence-corrected chi connectivity index (χ2v) is 5.75. The summed E-state index contributed by atoms with van der Waals surface area (Å²) in [6.45, 7) is 7.01. The van der Waals surface area contributed by atoms with Crippen LogP contribution in [0, 0.1) is 0 Å². The molecule has 0 spiro atoms. The van der Waals surface area contributed by atoms with Crippen LogP contribution in [0.5, 0.6) is 0 Å². The highest BCUT2D eigenvalue weighted by molar-refractivity contribution is 8.00. The largest absolute Gasteiger partial charge is 0.379 e. The van der Waals surface area contributed by atoms with Crippen molar-refractivity contribution >= 4 is 17.6 Å². The molecule has 1 aromatic heterocycles. The lowest BCUT2D eigenvalue weighted by molar-refractivity contribution is 0.0454. The first-order valence-corrected chi connectivity index (χ1v) is 7.55. The minimum absolute atomic E-state index is 0.564. The number of anilines is 1. The van der Waals surface area contributed by atoms with E-state index >= 15 is 0 Å². The summed E-state index contributed by atoms with van der Waals surface area (Å²) in [4.78, 5) is 8.82. The Labute approximate surface area is 113 Å². The number of rotatable bonds is 7. The number of thioether (sulfide) groups is 1. The Morgan fingerprint density at radius 2 is 2.17 bits per heavy atom. The van der Waals surface area contributed by atoms with Crippen LogP contribution in [0.25, 0.3) is 0 Å². The van der Waals surface area contributed by atoms with Crippen LogP contribution < -0.4 is 5.32 Å². The van der Waals surface area contributed by atoms with Gasteiger partial charge in [-0.2, -0.15) is 0 Å².